The summed E-state index contributed by atoms with van der Waals surface area (Å²) in [5.41, 5.74) is 2.29. The normalized spacial score (nSPS) is 17.7. The maximum absolute atomic E-state index is 13.1. The summed E-state index contributed by atoms with van der Waals surface area (Å²) in [6.45, 7) is 1.67. The number of aryl methyl sites for hydroxylation is 1. The molecule has 2 aromatic heterocycles. The number of fused-ring (bicyclic) bond motifs is 1. The Kier molecular flexibility index (Phi) is 5.00. The van der Waals surface area contributed by atoms with Gasteiger partial charge in [0.15, 0.2) is 0 Å². The molecule has 0 aliphatic carbocycles. The number of hydrogen-bond acceptors (Lipinski definition) is 8. The molecule has 13 heteroatoms. The van der Waals surface area contributed by atoms with Crippen molar-refractivity contribution in [2.75, 3.05) is 5.32 Å². The van der Waals surface area contributed by atoms with E-state index in [9.17, 15) is 24.0 Å². The first-order valence-electron chi connectivity index (χ1n) is 10.4. The van der Waals surface area contributed by atoms with Gasteiger partial charge >= 0.3 is 0 Å². The van der Waals surface area contributed by atoms with Crippen molar-refractivity contribution in [3.63, 3.8) is 0 Å². The zero-order valence-corrected chi connectivity index (χ0v) is 17.9. The Morgan fingerprint density at radius 2 is 2.03 bits per heavy atom. The van der Waals surface area contributed by atoms with Crippen molar-refractivity contribution in [3.05, 3.63) is 47.3 Å². The number of rotatable bonds is 5. The van der Waals surface area contributed by atoms with E-state index in [0.717, 1.165) is 10.5 Å². The highest BCUT2D eigenvalue weighted by atomic mass is 16.2. The van der Waals surface area contributed by atoms with E-state index in [1.54, 1.807) is 12.4 Å². The second-order valence-electron chi connectivity index (χ2n) is 7.95. The molecule has 3 N–H and O–H groups in total. The fourth-order valence-corrected chi connectivity index (χ4v) is 4.05. The van der Waals surface area contributed by atoms with E-state index in [2.05, 4.69) is 31.1 Å². The molecule has 1 aromatic carbocycles. The number of carbonyl (C=O) groups is 5. The van der Waals surface area contributed by atoms with Crippen LogP contribution < -0.4 is 10.6 Å². The summed E-state index contributed by atoms with van der Waals surface area (Å²) >= 11 is 0. The summed E-state index contributed by atoms with van der Waals surface area (Å²) in [6.07, 6.45) is 3.29. The van der Waals surface area contributed by atoms with Crippen LogP contribution in [0.5, 0.6) is 0 Å². The van der Waals surface area contributed by atoms with Gasteiger partial charge in [-0.2, -0.15) is 5.10 Å². The van der Waals surface area contributed by atoms with Crippen LogP contribution in [0.1, 0.15) is 39.1 Å². The molecule has 3 aromatic rings. The van der Waals surface area contributed by atoms with Crippen LogP contribution in [0.15, 0.2) is 30.6 Å². The number of nitrogens with one attached hydrogen (secondary N) is 3. The van der Waals surface area contributed by atoms with Gasteiger partial charge in [-0.3, -0.25) is 39.3 Å². The van der Waals surface area contributed by atoms with Crippen LogP contribution in [0.25, 0.3) is 11.4 Å². The Hall–Kier alpha value is -4.68. The van der Waals surface area contributed by atoms with E-state index in [-0.39, 0.29) is 36.2 Å². The zero-order chi connectivity index (χ0) is 24.0. The maximum atomic E-state index is 13.1. The number of imide groups is 2. The van der Waals surface area contributed by atoms with Crippen LogP contribution in [-0.4, -0.2) is 65.7 Å². The average Bonchev–Trinajstić information content (AvgIpc) is 3.48. The Balaban J connectivity index is 1.34. The molecule has 2 aliphatic rings. The van der Waals surface area contributed by atoms with Gasteiger partial charge in [-0.1, -0.05) is 11.3 Å². The highest BCUT2D eigenvalue weighted by molar-refractivity contribution is 6.26. The Morgan fingerprint density at radius 3 is 2.76 bits per heavy atom. The highest BCUT2D eigenvalue weighted by Crippen LogP contribution is 2.32. The molecule has 0 spiro atoms. The number of H-pyrrole nitrogens is 1. The maximum Gasteiger partial charge on any atom is 0.264 e. The lowest BCUT2D eigenvalue weighted by atomic mass is 10.0. The van der Waals surface area contributed by atoms with Gasteiger partial charge in [0.1, 0.15) is 18.3 Å². The third-order valence-corrected chi connectivity index (χ3v) is 5.67. The molecule has 0 bridgehead atoms. The van der Waals surface area contributed by atoms with E-state index in [1.807, 2.05) is 6.92 Å². The monoisotopic (exact) mass is 462 g/mol. The molecule has 172 valence electrons. The largest absolute Gasteiger partial charge is 0.324 e. The summed E-state index contributed by atoms with van der Waals surface area (Å²) in [5, 5.41) is 19.5. The highest BCUT2D eigenvalue weighted by Gasteiger charge is 2.45. The summed E-state index contributed by atoms with van der Waals surface area (Å²) < 4.78 is 1.33. The summed E-state index contributed by atoms with van der Waals surface area (Å²) in [6, 6.07) is 3.39. The Labute approximate surface area is 191 Å². The number of nitrogens with zero attached hydrogens (tertiary/aromatic N) is 5. The number of anilines is 1. The van der Waals surface area contributed by atoms with Crippen molar-refractivity contribution in [2.24, 2.45) is 0 Å². The minimum absolute atomic E-state index is 0.00193. The van der Waals surface area contributed by atoms with Crippen molar-refractivity contribution >= 4 is 35.2 Å². The molecule has 13 nitrogen and oxygen atoms in total. The molecule has 1 atom stereocenters. The summed E-state index contributed by atoms with van der Waals surface area (Å²) in [7, 11) is 0. The quantitative estimate of drug-likeness (QED) is 0.445. The summed E-state index contributed by atoms with van der Waals surface area (Å²) in [5.74, 6) is -3.01. The van der Waals surface area contributed by atoms with Crippen molar-refractivity contribution in [1.29, 1.82) is 0 Å². The Bertz CT molecular complexity index is 1370. The minimum Gasteiger partial charge on any atom is -0.324 e. The van der Waals surface area contributed by atoms with Gasteiger partial charge < -0.3 is 5.32 Å². The van der Waals surface area contributed by atoms with Crippen LogP contribution in [0, 0.1) is 6.92 Å². The van der Waals surface area contributed by atoms with Crippen molar-refractivity contribution in [2.45, 2.75) is 32.4 Å². The van der Waals surface area contributed by atoms with E-state index in [4.69, 9.17) is 0 Å². The third kappa shape index (κ3) is 3.52. The van der Waals surface area contributed by atoms with Gasteiger partial charge in [0.05, 0.1) is 34.9 Å². The first-order valence-corrected chi connectivity index (χ1v) is 10.4. The second-order valence-corrected chi connectivity index (χ2v) is 7.95. The second kappa shape index (κ2) is 8.03. The predicted molar refractivity (Wildman–Crippen MR) is 114 cm³/mol. The van der Waals surface area contributed by atoms with Crippen LogP contribution in [-0.2, 0) is 20.9 Å². The van der Waals surface area contributed by atoms with E-state index in [0.29, 0.717) is 11.4 Å². The predicted octanol–water partition coefficient (Wildman–Crippen LogP) is 0.0165. The molecular weight excluding hydrogens is 444 g/mol. The smallest absolute Gasteiger partial charge is 0.264 e. The molecule has 1 saturated heterocycles. The van der Waals surface area contributed by atoms with Gasteiger partial charge in [-0.25, -0.2) is 4.68 Å². The molecule has 0 radical (unpaired) electrons. The first kappa shape index (κ1) is 21.2. The molecule has 5 rings (SSSR count). The van der Waals surface area contributed by atoms with E-state index in [1.165, 1.54) is 22.9 Å². The molecule has 1 unspecified atom stereocenters. The average molecular weight is 462 g/mol. The third-order valence-electron chi connectivity index (χ3n) is 5.67. The number of benzene rings is 1. The zero-order valence-electron chi connectivity index (χ0n) is 17.9. The lowest BCUT2D eigenvalue weighted by Crippen LogP contribution is -2.54. The van der Waals surface area contributed by atoms with Crippen LogP contribution in [0.2, 0.25) is 0 Å². The van der Waals surface area contributed by atoms with E-state index < -0.39 is 35.6 Å². The Morgan fingerprint density at radius 1 is 1.21 bits per heavy atom. The molecular formula is C21H18N8O5. The molecule has 4 heterocycles. The van der Waals surface area contributed by atoms with Gasteiger partial charge in [-0.05, 0) is 31.0 Å². The SMILES string of the molecule is Cc1cn[nH]c1-c1cn(CC(=O)Nc2cccc3c2C(=O)N(C2CCC(=O)NC2=O)C3=O)nn1. The number of aromatic nitrogens is 5. The van der Waals surface area contributed by atoms with Gasteiger partial charge in [-0.15, -0.1) is 5.10 Å². The van der Waals surface area contributed by atoms with Crippen molar-refractivity contribution in [3.8, 4) is 11.4 Å². The van der Waals surface area contributed by atoms with Gasteiger partial charge in [0.2, 0.25) is 17.7 Å². The minimum atomic E-state index is -1.09. The topological polar surface area (TPSA) is 172 Å². The number of amides is 5. The lowest BCUT2D eigenvalue weighted by Gasteiger charge is -2.27. The standard InChI is InChI=1S/C21H18N8O5/c1-10-7-22-26-18(10)13-8-28(27-25-13)9-16(31)23-12-4-2-3-11-17(12)21(34)29(20(11)33)14-5-6-15(30)24-19(14)32/h2-4,7-8,14H,5-6,9H2,1H3,(H,22,26)(H,23,31)(H,24,30,32). The lowest BCUT2D eigenvalue weighted by molar-refractivity contribution is -0.136. The fourth-order valence-electron chi connectivity index (χ4n) is 4.05. The number of carbonyl (C=O) groups excluding carboxylic acids is 5. The number of hydrogen-bond donors (Lipinski definition) is 3. The van der Waals surface area contributed by atoms with Crippen LogP contribution >= 0.6 is 0 Å². The van der Waals surface area contributed by atoms with Crippen molar-refractivity contribution in [1.82, 2.24) is 35.4 Å². The number of aromatic amines is 1. The summed E-state index contributed by atoms with van der Waals surface area (Å²) in [4.78, 5) is 63.2. The first-order chi connectivity index (χ1) is 16.3. The van der Waals surface area contributed by atoms with E-state index >= 15 is 0 Å². The molecule has 5 amide bonds. The van der Waals surface area contributed by atoms with Gasteiger partial charge in [0, 0.05) is 6.42 Å². The molecule has 0 saturated carbocycles. The van der Waals surface area contributed by atoms with Crippen LogP contribution in [0.4, 0.5) is 5.69 Å². The van der Waals surface area contributed by atoms with Crippen molar-refractivity contribution < 1.29 is 24.0 Å². The number of piperidine rings is 1. The molecule has 34 heavy (non-hydrogen) atoms. The van der Waals surface area contributed by atoms with Gasteiger partial charge in [0.25, 0.3) is 11.8 Å². The molecule has 2 aliphatic heterocycles. The fraction of sp³-hybridized carbons (Fsp3) is 0.238. The molecule has 1 fully saturated rings. The van der Waals surface area contributed by atoms with Crippen LogP contribution in [0.3, 0.4) is 0 Å².